The second-order valence-corrected chi connectivity index (χ2v) is 6.02. The van der Waals surface area contributed by atoms with Crippen molar-refractivity contribution in [2.45, 2.75) is 13.5 Å². The summed E-state index contributed by atoms with van der Waals surface area (Å²) < 4.78 is 7.34. The lowest BCUT2D eigenvalue weighted by Gasteiger charge is -2.16. The number of carbonyl (C=O) groups excluding carboxylic acids is 1. The molecule has 3 heterocycles. The summed E-state index contributed by atoms with van der Waals surface area (Å²) in [7, 11) is 5.53. The van der Waals surface area contributed by atoms with Crippen LogP contribution in [0.3, 0.4) is 0 Å². The Hall–Kier alpha value is -2.96. The lowest BCUT2D eigenvalue weighted by atomic mass is 10.2. The Labute approximate surface area is 146 Å². The number of anilines is 1. The minimum absolute atomic E-state index is 0.481. The molecule has 2 aromatic rings. The SMILES string of the molecule is COC1=CCN=c2c(C=O)cn(Cc3ncnc(N(C)C)c3C)c2=C1. The Balaban J connectivity index is 2.13. The number of carbonyl (C=O) groups is 1. The second-order valence-electron chi connectivity index (χ2n) is 6.02. The van der Waals surface area contributed by atoms with E-state index < -0.39 is 0 Å². The maximum atomic E-state index is 11.5. The molecule has 2 aromatic heterocycles. The normalized spacial score (nSPS) is 13.0. The molecule has 25 heavy (non-hydrogen) atoms. The van der Waals surface area contributed by atoms with Crippen molar-refractivity contribution in [2.24, 2.45) is 4.99 Å². The molecule has 0 spiro atoms. The molecule has 0 aliphatic carbocycles. The maximum absolute atomic E-state index is 11.5. The van der Waals surface area contributed by atoms with E-state index in [1.807, 2.05) is 48.8 Å². The summed E-state index contributed by atoms with van der Waals surface area (Å²) in [4.78, 5) is 26.7. The summed E-state index contributed by atoms with van der Waals surface area (Å²) in [6.45, 7) is 3.01. The number of methoxy groups -OCH3 is 1. The Bertz CT molecular complexity index is 957. The molecule has 0 fully saturated rings. The molecule has 0 unspecified atom stereocenters. The van der Waals surface area contributed by atoms with E-state index >= 15 is 0 Å². The standard InChI is InChI=1S/C18H21N5O2/c1-12-15(20-11-21-18(12)22(2)3)9-23-8-13(10-24)17-16(23)7-14(25-4)5-6-19-17/h5,7-8,10-11H,6,9H2,1-4H3. The zero-order valence-corrected chi connectivity index (χ0v) is 14.9. The number of rotatable bonds is 5. The van der Waals surface area contributed by atoms with Crippen molar-refractivity contribution in [3.63, 3.8) is 0 Å². The third-order valence-electron chi connectivity index (χ3n) is 4.21. The third kappa shape index (κ3) is 3.17. The first-order chi connectivity index (χ1) is 12.0. The molecular weight excluding hydrogens is 318 g/mol. The smallest absolute Gasteiger partial charge is 0.153 e. The van der Waals surface area contributed by atoms with Gasteiger partial charge < -0.3 is 14.2 Å². The van der Waals surface area contributed by atoms with Crippen molar-refractivity contribution in [1.29, 1.82) is 0 Å². The summed E-state index contributed by atoms with van der Waals surface area (Å²) >= 11 is 0. The van der Waals surface area contributed by atoms with E-state index in [0.717, 1.165) is 34.5 Å². The first-order valence-corrected chi connectivity index (χ1v) is 7.97. The molecule has 3 rings (SSSR count). The van der Waals surface area contributed by atoms with Crippen molar-refractivity contribution in [2.75, 3.05) is 32.6 Å². The van der Waals surface area contributed by atoms with Gasteiger partial charge in [0, 0.05) is 31.9 Å². The summed E-state index contributed by atoms with van der Waals surface area (Å²) in [5, 5.41) is 1.54. The van der Waals surface area contributed by atoms with E-state index in [0.29, 0.717) is 24.0 Å². The van der Waals surface area contributed by atoms with E-state index in [-0.39, 0.29) is 0 Å². The number of hydrogen-bond acceptors (Lipinski definition) is 6. The Morgan fingerprint density at radius 1 is 1.36 bits per heavy atom. The predicted molar refractivity (Wildman–Crippen MR) is 95.2 cm³/mol. The van der Waals surface area contributed by atoms with Crippen LogP contribution in [0.4, 0.5) is 5.82 Å². The van der Waals surface area contributed by atoms with Crippen LogP contribution in [0.1, 0.15) is 21.6 Å². The fourth-order valence-corrected chi connectivity index (χ4v) is 2.93. The largest absolute Gasteiger partial charge is 0.497 e. The van der Waals surface area contributed by atoms with Gasteiger partial charge >= 0.3 is 0 Å². The Morgan fingerprint density at radius 3 is 2.84 bits per heavy atom. The van der Waals surface area contributed by atoms with Gasteiger partial charge in [0.05, 0.1) is 42.2 Å². The molecule has 7 heteroatoms. The first kappa shape index (κ1) is 16.9. The van der Waals surface area contributed by atoms with E-state index in [1.54, 1.807) is 13.4 Å². The van der Waals surface area contributed by atoms with Gasteiger partial charge in [-0.2, -0.15) is 0 Å². The quantitative estimate of drug-likeness (QED) is 0.740. The molecule has 0 saturated carbocycles. The summed E-state index contributed by atoms with van der Waals surface area (Å²) in [6.07, 6.45) is 8.01. The molecule has 0 aromatic carbocycles. The van der Waals surface area contributed by atoms with Crippen LogP contribution in [0.2, 0.25) is 0 Å². The number of nitrogens with zero attached hydrogens (tertiary/aromatic N) is 5. The lowest BCUT2D eigenvalue weighted by Crippen LogP contribution is -2.31. The van der Waals surface area contributed by atoms with Gasteiger partial charge in [-0.25, -0.2) is 9.97 Å². The van der Waals surface area contributed by atoms with E-state index in [9.17, 15) is 4.79 Å². The van der Waals surface area contributed by atoms with E-state index in [2.05, 4.69) is 15.0 Å². The second kappa shape index (κ2) is 6.88. The number of ether oxygens (including phenoxy) is 1. The molecule has 130 valence electrons. The van der Waals surface area contributed by atoms with Crippen LogP contribution in [-0.4, -0.2) is 48.6 Å². The van der Waals surface area contributed by atoms with Crippen LogP contribution >= 0.6 is 0 Å². The highest BCUT2D eigenvalue weighted by molar-refractivity contribution is 5.74. The van der Waals surface area contributed by atoms with Gasteiger partial charge in [-0.3, -0.25) is 9.79 Å². The summed E-state index contributed by atoms with van der Waals surface area (Å²) in [6, 6.07) is 0. The maximum Gasteiger partial charge on any atom is 0.153 e. The van der Waals surface area contributed by atoms with E-state index in [4.69, 9.17) is 4.74 Å². The fraction of sp³-hybridized carbons (Fsp3) is 0.333. The van der Waals surface area contributed by atoms with Crippen LogP contribution in [0.25, 0.3) is 6.08 Å². The number of allylic oxidation sites excluding steroid dienone is 1. The van der Waals surface area contributed by atoms with Crippen molar-refractivity contribution >= 4 is 18.2 Å². The van der Waals surface area contributed by atoms with Gasteiger partial charge in [0.1, 0.15) is 17.9 Å². The minimum Gasteiger partial charge on any atom is -0.497 e. The monoisotopic (exact) mass is 339 g/mol. The van der Waals surface area contributed by atoms with Crippen molar-refractivity contribution in [1.82, 2.24) is 14.5 Å². The number of fused-ring (bicyclic) bond motifs is 1. The Kier molecular flexibility index (Phi) is 4.65. The van der Waals surface area contributed by atoms with E-state index in [1.165, 1.54) is 0 Å². The van der Waals surface area contributed by atoms with Crippen LogP contribution in [0.5, 0.6) is 0 Å². The molecule has 0 saturated heterocycles. The highest BCUT2D eigenvalue weighted by atomic mass is 16.5. The molecule has 7 nitrogen and oxygen atoms in total. The van der Waals surface area contributed by atoms with Crippen LogP contribution < -0.4 is 15.6 Å². The summed E-state index contributed by atoms with van der Waals surface area (Å²) in [5.74, 6) is 1.61. The van der Waals surface area contributed by atoms with Gasteiger partial charge in [-0.15, -0.1) is 0 Å². The third-order valence-corrected chi connectivity index (χ3v) is 4.21. The predicted octanol–water partition coefficient (Wildman–Crippen LogP) is 0.457. The van der Waals surface area contributed by atoms with Gasteiger partial charge in [0.25, 0.3) is 0 Å². The average molecular weight is 339 g/mol. The van der Waals surface area contributed by atoms with Crippen LogP contribution in [-0.2, 0) is 11.3 Å². The number of aromatic nitrogens is 3. The highest BCUT2D eigenvalue weighted by Crippen LogP contribution is 2.16. The van der Waals surface area contributed by atoms with Crippen LogP contribution in [0, 0.1) is 6.92 Å². The van der Waals surface area contributed by atoms with Crippen molar-refractivity contribution in [3.05, 3.63) is 51.9 Å². The number of aldehydes is 1. The number of hydrogen-bond donors (Lipinski definition) is 0. The fourth-order valence-electron chi connectivity index (χ4n) is 2.93. The van der Waals surface area contributed by atoms with Crippen LogP contribution in [0.15, 0.2) is 29.4 Å². The topological polar surface area (TPSA) is 72.6 Å². The van der Waals surface area contributed by atoms with Gasteiger partial charge in [-0.05, 0) is 13.0 Å². The van der Waals surface area contributed by atoms with Crippen molar-refractivity contribution < 1.29 is 9.53 Å². The zero-order valence-electron chi connectivity index (χ0n) is 14.9. The van der Waals surface area contributed by atoms with Gasteiger partial charge in [0.15, 0.2) is 6.29 Å². The highest BCUT2D eigenvalue weighted by Gasteiger charge is 2.13. The minimum atomic E-state index is 0.481. The molecule has 0 radical (unpaired) electrons. The van der Waals surface area contributed by atoms with Crippen molar-refractivity contribution in [3.8, 4) is 0 Å². The average Bonchev–Trinajstić information content (AvgIpc) is 2.78. The molecule has 0 amide bonds. The summed E-state index contributed by atoms with van der Waals surface area (Å²) in [5.41, 5.74) is 2.47. The first-order valence-electron chi connectivity index (χ1n) is 7.97. The molecule has 1 aliphatic rings. The molecular formula is C18H21N5O2. The van der Waals surface area contributed by atoms with Gasteiger partial charge in [0.2, 0.25) is 0 Å². The zero-order chi connectivity index (χ0) is 18.0. The molecule has 0 bridgehead atoms. The Morgan fingerprint density at radius 2 is 2.16 bits per heavy atom. The molecule has 1 aliphatic heterocycles. The van der Waals surface area contributed by atoms with Gasteiger partial charge in [-0.1, -0.05) is 0 Å². The molecule has 0 N–H and O–H groups in total. The molecule has 0 atom stereocenters. The lowest BCUT2D eigenvalue weighted by molar-refractivity contribution is 0.112.